The number of aromatic nitrogens is 2. The van der Waals surface area contributed by atoms with Gasteiger partial charge in [0, 0.05) is 6.04 Å². The molecule has 0 aliphatic rings. The summed E-state index contributed by atoms with van der Waals surface area (Å²) < 4.78 is 50.0. The van der Waals surface area contributed by atoms with Crippen LogP contribution in [-0.4, -0.2) is 25.5 Å². The van der Waals surface area contributed by atoms with Crippen molar-refractivity contribution in [2.24, 2.45) is 0 Å². The molecule has 1 heterocycles. The summed E-state index contributed by atoms with van der Waals surface area (Å²) in [6.07, 6.45) is -5.37. The number of hydrogen-bond donors (Lipinski definition) is 3. The number of benzene rings is 1. The number of fused-ring (bicyclic) bond motifs is 1. The Morgan fingerprint density at radius 1 is 1.30 bits per heavy atom. The van der Waals surface area contributed by atoms with Crippen molar-refractivity contribution in [2.45, 2.75) is 19.1 Å². The number of hydrogen-bond acceptors (Lipinski definition) is 3. The molecule has 0 aliphatic carbocycles. The summed E-state index contributed by atoms with van der Waals surface area (Å²) in [6.45, 7) is 1.29. The Labute approximate surface area is 126 Å². The number of rotatable bonds is 3. The van der Waals surface area contributed by atoms with Crippen LogP contribution in [0, 0.1) is 0 Å². The van der Waals surface area contributed by atoms with Gasteiger partial charge in [-0.15, -0.1) is 0 Å². The van der Waals surface area contributed by atoms with Crippen LogP contribution in [0.4, 0.5) is 13.2 Å². The summed E-state index contributed by atoms with van der Waals surface area (Å²) >= 11 is 0. The van der Waals surface area contributed by atoms with Gasteiger partial charge in [-0.05, 0) is 25.1 Å². The van der Waals surface area contributed by atoms with Crippen molar-refractivity contribution in [3.63, 3.8) is 0 Å². The van der Waals surface area contributed by atoms with Gasteiger partial charge in [0.2, 0.25) is 0 Å². The van der Waals surface area contributed by atoms with E-state index in [9.17, 15) is 27.3 Å². The van der Waals surface area contributed by atoms with Crippen molar-refractivity contribution in [1.82, 2.24) is 9.55 Å². The first-order chi connectivity index (χ1) is 10.4. The molecular weight excluding hydrogens is 340 g/mol. The molecule has 2 aromatic rings. The zero-order valence-corrected chi connectivity index (χ0v) is 12.6. The van der Waals surface area contributed by atoms with Gasteiger partial charge in [0.05, 0.1) is 22.8 Å². The molecule has 0 amide bonds. The average Bonchev–Trinajstić information content (AvgIpc) is 2.36. The van der Waals surface area contributed by atoms with Gasteiger partial charge >= 0.3 is 24.9 Å². The van der Waals surface area contributed by atoms with Crippen LogP contribution in [0.2, 0.25) is 0 Å². The average molecular weight is 352 g/mol. The Hall–Kier alpha value is -1.90. The monoisotopic (exact) mass is 352 g/mol. The molecule has 0 spiro atoms. The first-order valence-corrected chi connectivity index (χ1v) is 8.10. The van der Waals surface area contributed by atoms with Crippen LogP contribution in [0.15, 0.2) is 27.8 Å². The first kappa shape index (κ1) is 17.5. The molecule has 23 heavy (non-hydrogen) atoms. The molecular formula is C12H12F3N2O5P. The van der Waals surface area contributed by atoms with Crippen molar-refractivity contribution in [3.05, 3.63) is 44.5 Å². The van der Waals surface area contributed by atoms with Gasteiger partial charge in [-0.3, -0.25) is 18.7 Å². The fraction of sp³-hybridized carbons (Fsp3) is 0.333. The van der Waals surface area contributed by atoms with E-state index in [1.165, 1.54) is 6.92 Å². The normalized spacial score (nSPS) is 14.2. The van der Waals surface area contributed by atoms with E-state index in [-0.39, 0.29) is 11.0 Å². The second-order valence-electron chi connectivity index (χ2n) is 5.06. The maximum atomic E-state index is 12.7. The van der Waals surface area contributed by atoms with E-state index < -0.39 is 42.7 Å². The zero-order chi connectivity index (χ0) is 17.6. The Kier molecular flexibility index (Phi) is 4.27. The number of alkyl halides is 3. The lowest BCUT2D eigenvalue weighted by Crippen LogP contribution is -2.38. The first-order valence-electron chi connectivity index (χ1n) is 6.30. The van der Waals surface area contributed by atoms with Crippen LogP contribution in [-0.2, 0) is 10.7 Å². The van der Waals surface area contributed by atoms with Crippen LogP contribution < -0.4 is 11.1 Å². The molecule has 3 N–H and O–H groups in total. The van der Waals surface area contributed by atoms with E-state index in [0.29, 0.717) is 6.07 Å². The lowest BCUT2D eigenvalue weighted by Gasteiger charge is -2.18. The minimum Gasteiger partial charge on any atom is -0.324 e. The Morgan fingerprint density at radius 2 is 1.91 bits per heavy atom. The molecule has 0 aliphatic heterocycles. The van der Waals surface area contributed by atoms with E-state index >= 15 is 0 Å². The third kappa shape index (κ3) is 3.72. The molecule has 1 aromatic carbocycles. The van der Waals surface area contributed by atoms with Gasteiger partial charge in [-0.1, -0.05) is 0 Å². The summed E-state index contributed by atoms with van der Waals surface area (Å²) in [5.41, 5.74) is -3.59. The Bertz CT molecular complexity index is 912. The van der Waals surface area contributed by atoms with Gasteiger partial charge in [-0.25, -0.2) is 0 Å². The minimum atomic E-state index is -4.64. The topological polar surface area (TPSA) is 112 Å². The van der Waals surface area contributed by atoms with Crippen LogP contribution in [0.3, 0.4) is 0 Å². The summed E-state index contributed by atoms with van der Waals surface area (Å²) in [6, 6.07) is 1.29. The molecule has 0 saturated heterocycles. The second kappa shape index (κ2) is 5.63. The highest BCUT2D eigenvalue weighted by molar-refractivity contribution is 7.51. The highest BCUT2D eigenvalue weighted by Gasteiger charge is 2.31. The lowest BCUT2D eigenvalue weighted by molar-refractivity contribution is -0.137. The fourth-order valence-corrected chi connectivity index (χ4v) is 3.13. The van der Waals surface area contributed by atoms with Gasteiger partial charge in [-0.2, -0.15) is 13.2 Å². The maximum Gasteiger partial charge on any atom is 0.416 e. The van der Waals surface area contributed by atoms with Crippen molar-refractivity contribution in [2.75, 3.05) is 6.16 Å². The van der Waals surface area contributed by atoms with Gasteiger partial charge in [0.15, 0.2) is 0 Å². The highest BCUT2D eigenvalue weighted by Crippen LogP contribution is 2.38. The standard InChI is InChI=1S/C12H12F3N2O5P/c1-6(5-23(20,21)22)17-9-3-2-7(12(13,14)15)4-8(9)16-10(18)11(17)19/h2-4,6H,5H2,1H3,(H,16,18)(H2,20,21,22). The number of nitrogens with zero attached hydrogens (tertiary/aromatic N) is 1. The molecule has 2 rings (SSSR count). The van der Waals surface area contributed by atoms with E-state index in [2.05, 4.69) is 0 Å². The summed E-state index contributed by atoms with van der Waals surface area (Å²) in [4.78, 5) is 43.6. The quantitative estimate of drug-likeness (QED) is 0.572. The van der Waals surface area contributed by atoms with Gasteiger partial charge < -0.3 is 14.8 Å². The molecule has 126 valence electrons. The summed E-state index contributed by atoms with van der Waals surface area (Å²) in [5.74, 6) is 0. The van der Waals surface area contributed by atoms with Gasteiger partial charge in [0.25, 0.3) is 0 Å². The molecule has 0 fully saturated rings. The summed E-state index contributed by atoms with van der Waals surface area (Å²) in [7, 11) is -4.49. The van der Waals surface area contributed by atoms with Crippen molar-refractivity contribution in [1.29, 1.82) is 0 Å². The lowest BCUT2D eigenvalue weighted by atomic mass is 10.1. The second-order valence-corrected chi connectivity index (χ2v) is 6.75. The fourth-order valence-electron chi connectivity index (χ4n) is 2.28. The smallest absolute Gasteiger partial charge is 0.324 e. The minimum absolute atomic E-state index is 0.0523. The number of H-pyrrole nitrogens is 1. The van der Waals surface area contributed by atoms with E-state index in [1.54, 1.807) is 0 Å². The SMILES string of the molecule is CC(CP(=O)(O)O)n1c(=O)c(=O)[nH]c2cc(C(F)(F)F)ccc21. The molecule has 0 radical (unpaired) electrons. The molecule has 11 heteroatoms. The zero-order valence-electron chi connectivity index (χ0n) is 11.7. The van der Waals surface area contributed by atoms with Gasteiger partial charge in [0.1, 0.15) is 0 Å². The molecule has 1 aromatic heterocycles. The highest BCUT2D eigenvalue weighted by atomic mass is 31.2. The number of aromatic amines is 1. The largest absolute Gasteiger partial charge is 0.416 e. The van der Waals surface area contributed by atoms with Crippen molar-refractivity contribution >= 4 is 18.6 Å². The maximum absolute atomic E-state index is 12.7. The number of nitrogens with one attached hydrogen (secondary N) is 1. The molecule has 0 bridgehead atoms. The van der Waals surface area contributed by atoms with Crippen LogP contribution in [0.5, 0.6) is 0 Å². The molecule has 1 atom stereocenters. The third-order valence-corrected chi connectivity index (χ3v) is 4.19. The third-order valence-electron chi connectivity index (χ3n) is 3.19. The van der Waals surface area contributed by atoms with Crippen LogP contribution in [0.1, 0.15) is 18.5 Å². The number of halogens is 3. The predicted molar refractivity (Wildman–Crippen MR) is 75.5 cm³/mol. The molecule has 0 saturated carbocycles. The molecule has 1 unspecified atom stereocenters. The summed E-state index contributed by atoms with van der Waals surface area (Å²) in [5, 5.41) is 0. The van der Waals surface area contributed by atoms with Crippen LogP contribution >= 0.6 is 7.60 Å². The Morgan fingerprint density at radius 3 is 2.43 bits per heavy atom. The predicted octanol–water partition coefficient (Wildman–Crippen LogP) is 1.45. The van der Waals surface area contributed by atoms with E-state index in [1.807, 2.05) is 4.98 Å². The van der Waals surface area contributed by atoms with E-state index in [0.717, 1.165) is 16.7 Å². The Balaban J connectivity index is 2.74. The molecule has 7 nitrogen and oxygen atoms in total. The van der Waals surface area contributed by atoms with Crippen molar-refractivity contribution in [3.8, 4) is 0 Å². The van der Waals surface area contributed by atoms with E-state index in [4.69, 9.17) is 9.79 Å². The van der Waals surface area contributed by atoms with Crippen LogP contribution in [0.25, 0.3) is 11.0 Å². The van der Waals surface area contributed by atoms with Crippen molar-refractivity contribution < 1.29 is 27.5 Å².